The van der Waals surface area contributed by atoms with Crippen molar-refractivity contribution in [1.29, 1.82) is 0 Å². The van der Waals surface area contributed by atoms with Gasteiger partial charge in [-0.2, -0.15) is 0 Å². The monoisotopic (exact) mass is 220 g/mol. The van der Waals surface area contributed by atoms with Crippen molar-refractivity contribution in [3.63, 3.8) is 0 Å². The van der Waals surface area contributed by atoms with Crippen molar-refractivity contribution < 1.29 is 4.79 Å². The highest BCUT2D eigenvalue weighted by molar-refractivity contribution is 5.77. The van der Waals surface area contributed by atoms with E-state index < -0.39 is 0 Å². The minimum Gasteiger partial charge on any atom is -0.369 e. The van der Waals surface area contributed by atoms with Gasteiger partial charge >= 0.3 is 0 Å². The molecule has 1 aromatic carbocycles. The Labute approximate surface area is 96.8 Å². The molecule has 3 heteroatoms. The van der Waals surface area contributed by atoms with Crippen LogP contribution < -0.4 is 11.5 Å². The van der Waals surface area contributed by atoms with E-state index in [4.69, 9.17) is 11.5 Å². The number of rotatable bonds is 5. The van der Waals surface area contributed by atoms with Crippen LogP contribution in [0, 0.1) is 11.8 Å². The molecule has 1 amide bonds. The Morgan fingerprint density at radius 1 is 1.25 bits per heavy atom. The molecule has 0 bridgehead atoms. The first kappa shape index (κ1) is 12.7. The third kappa shape index (κ3) is 3.35. The highest BCUT2D eigenvalue weighted by Crippen LogP contribution is 2.25. The highest BCUT2D eigenvalue weighted by atomic mass is 16.1. The summed E-state index contributed by atoms with van der Waals surface area (Å²) in [6, 6.07) is 9.33. The summed E-state index contributed by atoms with van der Waals surface area (Å²) in [5, 5.41) is 0. The summed E-state index contributed by atoms with van der Waals surface area (Å²) in [5.74, 6) is -0.195. The maximum absolute atomic E-state index is 11.4. The number of hydrogen-bond acceptors (Lipinski definition) is 2. The Morgan fingerprint density at radius 2 is 1.81 bits per heavy atom. The van der Waals surface area contributed by atoms with Crippen LogP contribution >= 0.6 is 0 Å². The van der Waals surface area contributed by atoms with Gasteiger partial charge in [0.25, 0.3) is 0 Å². The van der Waals surface area contributed by atoms with Gasteiger partial charge in [-0.05, 0) is 17.9 Å². The van der Waals surface area contributed by atoms with Crippen molar-refractivity contribution in [2.45, 2.75) is 26.3 Å². The quantitative estimate of drug-likeness (QED) is 0.794. The molecule has 2 atom stereocenters. The van der Waals surface area contributed by atoms with Crippen LogP contribution in [-0.4, -0.2) is 5.91 Å². The van der Waals surface area contributed by atoms with Gasteiger partial charge in [0.2, 0.25) is 5.91 Å². The molecule has 0 aromatic heterocycles. The second kappa shape index (κ2) is 5.66. The molecule has 0 heterocycles. The molecule has 0 saturated carbocycles. The van der Waals surface area contributed by atoms with Crippen LogP contribution in [0.1, 0.15) is 31.9 Å². The molecule has 0 saturated heterocycles. The summed E-state index contributed by atoms with van der Waals surface area (Å²) >= 11 is 0. The summed E-state index contributed by atoms with van der Waals surface area (Å²) in [7, 11) is 0. The Morgan fingerprint density at radius 3 is 2.25 bits per heavy atom. The largest absolute Gasteiger partial charge is 0.369 e. The lowest BCUT2D eigenvalue weighted by Crippen LogP contribution is -2.34. The summed E-state index contributed by atoms with van der Waals surface area (Å²) < 4.78 is 0. The zero-order valence-corrected chi connectivity index (χ0v) is 9.89. The molecule has 16 heavy (non-hydrogen) atoms. The molecule has 0 aliphatic rings. The zero-order valence-electron chi connectivity index (χ0n) is 9.89. The van der Waals surface area contributed by atoms with Crippen molar-refractivity contribution in [3.05, 3.63) is 35.9 Å². The van der Waals surface area contributed by atoms with Crippen LogP contribution in [0.5, 0.6) is 0 Å². The van der Waals surface area contributed by atoms with E-state index in [9.17, 15) is 4.79 Å². The second-order valence-electron chi connectivity index (χ2n) is 4.57. The first-order chi connectivity index (χ1) is 7.52. The Hall–Kier alpha value is -1.35. The molecule has 0 radical (unpaired) electrons. The van der Waals surface area contributed by atoms with E-state index in [1.54, 1.807) is 0 Å². The fourth-order valence-corrected chi connectivity index (χ4v) is 1.86. The molecule has 88 valence electrons. The van der Waals surface area contributed by atoms with E-state index in [1.807, 2.05) is 30.3 Å². The van der Waals surface area contributed by atoms with E-state index in [2.05, 4.69) is 13.8 Å². The summed E-state index contributed by atoms with van der Waals surface area (Å²) in [5.41, 5.74) is 12.5. The molecule has 4 N–H and O–H groups in total. The lowest BCUT2D eigenvalue weighted by Gasteiger charge is -2.22. The maximum atomic E-state index is 11.4. The maximum Gasteiger partial charge on any atom is 0.222 e. The van der Waals surface area contributed by atoms with Gasteiger partial charge in [-0.25, -0.2) is 0 Å². The second-order valence-corrected chi connectivity index (χ2v) is 4.57. The van der Waals surface area contributed by atoms with E-state index >= 15 is 0 Å². The van der Waals surface area contributed by atoms with Crippen LogP contribution in [0.25, 0.3) is 0 Å². The number of amides is 1. The molecule has 1 rings (SSSR count). The summed E-state index contributed by atoms with van der Waals surface area (Å²) in [6.45, 7) is 4.13. The minimum atomic E-state index is -0.315. The topological polar surface area (TPSA) is 69.1 Å². The highest BCUT2D eigenvalue weighted by Gasteiger charge is 2.25. The molecule has 2 unspecified atom stereocenters. The van der Waals surface area contributed by atoms with Crippen LogP contribution in [0.3, 0.4) is 0 Å². The normalized spacial score (nSPS) is 14.8. The van der Waals surface area contributed by atoms with Gasteiger partial charge in [-0.15, -0.1) is 0 Å². The van der Waals surface area contributed by atoms with Gasteiger partial charge in [0.15, 0.2) is 0 Å². The fraction of sp³-hybridized carbons (Fsp3) is 0.462. The molecular formula is C13H20N2O. The van der Waals surface area contributed by atoms with Gasteiger partial charge in [-0.3, -0.25) is 4.79 Å². The van der Waals surface area contributed by atoms with Gasteiger partial charge in [0.05, 0.1) is 5.92 Å². The zero-order chi connectivity index (χ0) is 12.1. The lowest BCUT2D eigenvalue weighted by molar-refractivity contribution is -0.123. The molecule has 0 aliphatic heterocycles. The first-order valence-electron chi connectivity index (χ1n) is 5.62. The fourth-order valence-electron chi connectivity index (χ4n) is 1.86. The third-order valence-corrected chi connectivity index (χ3v) is 2.71. The van der Waals surface area contributed by atoms with Crippen molar-refractivity contribution in [2.24, 2.45) is 23.3 Å². The van der Waals surface area contributed by atoms with Crippen LogP contribution in [0.4, 0.5) is 0 Å². The van der Waals surface area contributed by atoms with Crippen LogP contribution in [0.2, 0.25) is 0 Å². The van der Waals surface area contributed by atoms with E-state index in [0.717, 1.165) is 12.0 Å². The van der Waals surface area contributed by atoms with Gasteiger partial charge in [0.1, 0.15) is 0 Å². The third-order valence-electron chi connectivity index (χ3n) is 2.71. The molecule has 3 nitrogen and oxygen atoms in total. The number of carbonyl (C=O) groups excluding carboxylic acids is 1. The Kier molecular flexibility index (Phi) is 4.50. The molecule has 1 aromatic rings. The van der Waals surface area contributed by atoms with Crippen LogP contribution in [-0.2, 0) is 4.79 Å². The average Bonchev–Trinajstić information content (AvgIpc) is 2.25. The van der Waals surface area contributed by atoms with Crippen LogP contribution in [0.15, 0.2) is 30.3 Å². The number of benzene rings is 1. The van der Waals surface area contributed by atoms with Gasteiger partial charge in [0, 0.05) is 6.04 Å². The smallest absolute Gasteiger partial charge is 0.222 e. The van der Waals surface area contributed by atoms with Crippen molar-refractivity contribution in [1.82, 2.24) is 0 Å². The summed E-state index contributed by atoms with van der Waals surface area (Å²) in [6.07, 6.45) is 0.728. The minimum absolute atomic E-state index is 0.289. The van der Waals surface area contributed by atoms with E-state index in [0.29, 0.717) is 5.92 Å². The number of carbonyl (C=O) groups is 1. The summed E-state index contributed by atoms with van der Waals surface area (Å²) in [4.78, 5) is 11.4. The van der Waals surface area contributed by atoms with Crippen molar-refractivity contribution in [2.75, 3.05) is 0 Å². The first-order valence-corrected chi connectivity index (χ1v) is 5.62. The Balaban J connectivity index is 2.83. The molecule has 0 fully saturated rings. The molecular weight excluding hydrogens is 200 g/mol. The molecule has 0 spiro atoms. The predicted molar refractivity (Wildman–Crippen MR) is 65.5 cm³/mol. The number of hydrogen-bond donors (Lipinski definition) is 2. The van der Waals surface area contributed by atoms with E-state index in [-0.39, 0.29) is 17.9 Å². The van der Waals surface area contributed by atoms with Gasteiger partial charge in [-0.1, -0.05) is 44.2 Å². The van der Waals surface area contributed by atoms with Crippen molar-refractivity contribution >= 4 is 5.91 Å². The van der Waals surface area contributed by atoms with Crippen molar-refractivity contribution in [3.8, 4) is 0 Å². The standard InChI is InChI=1S/C13H20N2O/c1-9(2)8-11(13(15)16)12(14)10-6-4-3-5-7-10/h3-7,9,11-12H,8,14H2,1-2H3,(H2,15,16). The van der Waals surface area contributed by atoms with Gasteiger partial charge < -0.3 is 11.5 Å². The predicted octanol–water partition coefficient (Wildman–Crippen LogP) is 1.83. The molecule has 0 aliphatic carbocycles. The number of nitrogens with two attached hydrogens (primary N) is 2. The van der Waals surface area contributed by atoms with E-state index in [1.165, 1.54) is 0 Å². The average molecular weight is 220 g/mol. The number of primary amides is 1. The Bertz CT molecular complexity index is 335. The lowest BCUT2D eigenvalue weighted by atomic mass is 9.86. The SMILES string of the molecule is CC(C)CC(C(N)=O)C(N)c1ccccc1.